The molecule has 56 heavy (non-hydrogen) atoms. The van der Waals surface area contributed by atoms with Crippen LogP contribution in [0.2, 0.25) is 0 Å². The van der Waals surface area contributed by atoms with Crippen molar-refractivity contribution in [3.63, 3.8) is 0 Å². The van der Waals surface area contributed by atoms with Gasteiger partial charge in [0.15, 0.2) is 0 Å². The lowest BCUT2D eigenvalue weighted by Gasteiger charge is -2.16. The minimum Gasteiger partial charge on any atom is -0.0622 e. The van der Waals surface area contributed by atoms with E-state index in [1.807, 2.05) is 0 Å². The summed E-state index contributed by atoms with van der Waals surface area (Å²) >= 11 is 3.97. The van der Waals surface area contributed by atoms with E-state index in [9.17, 15) is 0 Å². The third-order valence-electron chi connectivity index (χ3n) is 11.3. The van der Waals surface area contributed by atoms with Crippen molar-refractivity contribution in [3.8, 4) is 44.5 Å². The highest BCUT2D eigenvalue weighted by Gasteiger charge is 2.16. The minimum atomic E-state index is 1.09. The second-order valence-electron chi connectivity index (χ2n) is 14.6. The molecule has 0 bridgehead atoms. The van der Waals surface area contributed by atoms with Crippen molar-refractivity contribution in [1.29, 1.82) is 0 Å². The van der Waals surface area contributed by atoms with Crippen molar-refractivity contribution >= 4 is 71.2 Å². The molecule has 0 heterocycles. The normalized spacial score (nSPS) is 11.7. The molecule has 0 aliphatic rings. The lowest BCUT2D eigenvalue weighted by atomic mass is 9.87. The maximum atomic E-state index is 3.97. The van der Waals surface area contributed by atoms with Gasteiger partial charge in [-0.3, -0.25) is 0 Å². The number of benzene rings is 10. The lowest BCUT2D eigenvalue weighted by Crippen LogP contribution is -1.91. The Hall–Kier alpha value is -6.54. The fraction of sp³-hybridized carbons (Fsp3) is 0.0182. The van der Waals surface area contributed by atoms with E-state index in [0.717, 1.165) is 4.47 Å². The Morgan fingerprint density at radius 1 is 0.321 bits per heavy atom. The van der Waals surface area contributed by atoms with Gasteiger partial charge in [0.05, 0.1) is 0 Å². The van der Waals surface area contributed by atoms with Crippen molar-refractivity contribution < 1.29 is 0 Å². The van der Waals surface area contributed by atoms with Crippen molar-refractivity contribution in [1.82, 2.24) is 0 Å². The summed E-state index contributed by atoms with van der Waals surface area (Å²) in [6, 6.07) is 70.8. The molecule has 0 fully saturated rings. The maximum Gasteiger partial charge on any atom is 0.0260 e. The van der Waals surface area contributed by atoms with Crippen molar-refractivity contribution in [3.05, 3.63) is 215 Å². The van der Waals surface area contributed by atoms with E-state index < -0.39 is 0 Å². The van der Waals surface area contributed by atoms with Gasteiger partial charge in [-0.25, -0.2) is 0 Å². The first-order valence-corrected chi connectivity index (χ1v) is 20.0. The van der Waals surface area contributed by atoms with Crippen LogP contribution in [0.15, 0.2) is 199 Å². The predicted octanol–water partition coefficient (Wildman–Crippen LogP) is 16.2. The summed E-state index contributed by atoms with van der Waals surface area (Å²) in [4.78, 5) is 0. The molecule has 0 radical (unpaired) electrons. The molecular weight excluding hydrogens is 741 g/mol. The van der Waals surface area contributed by atoms with Crippen LogP contribution in [0.25, 0.3) is 99.7 Å². The summed E-state index contributed by atoms with van der Waals surface area (Å²) < 4.78 is 1.09. The standard InChI is InChI=1S/C55H37Br/c1-36-22-26-47(39-18-10-4-11-19-39)54-45(36)28-29-46-42(32-43(33-51(46)54)37-14-6-2-7-15-37)24-23-41-25-27-48(40-20-12-5-13-21-40)55-49(41)30-31-50-52(55)34-44(35-53(50)56)38-16-8-3-9-17-38/h2-35H,1H3. The van der Waals surface area contributed by atoms with Crippen LogP contribution >= 0.6 is 15.9 Å². The minimum absolute atomic E-state index is 1.09. The first kappa shape index (κ1) is 34.0. The SMILES string of the molecule is Cc1ccc(-c2ccccc2)c2c1ccc1c(C=Cc3ccc(-c4ccccc4)c4c3ccc3c(Br)cc(-c5ccccc5)cc34)cc(-c3ccccc3)cc12. The van der Waals surface area contributed by atoms with Gasteiger partial charge in [0.1, 0.15) is 0 Å². The molecule has 0 atom stereocenters. The van der Waals surface area contributed by atoms with Gasteiger partial charge >= 0.3 is 0 Å². The van der Waals surface area contributed by atoms with Crippen LogP contribution < -0.4 is 0 Å². The molecule has 0 nitrogen and oxygen atoms in total. The molecule has 0 aliphatic carbocycles. The Morgan fingerprint density at radius 3 is 1.38 bits per heavy atom. The van der Waals surface area contributed by atoms with Crippen LogP contribution in [0.3, 0.4) is 0 Å². The number of hydrogen-bond donors (Lipinski definition) is 0. The van der Waals surface area contributed by atoms with Gasteiger partial charge in [0.2, 0.25) is 0 Å². The van der Waals surface area contributed by atoms with Gasteiger partial charge in [-0.1, -0.05) is 198 Å². The van der Waals surface area contributed by atoms with E-state index in [1.165, 1.54) is 104 Å². The number of aryl methyl sites for hydroxylation is 1. The fourth-order valence-electron chi connectivity index (χ4n) is 8.50. The Morgan fingerprint density at radius 2 is 0.768 bits per heavy atom. The molecule has 0 saturated carbocycles. The topological polar surface area (TPSA) is 0 Å². The van der Waals surface area contributed by atoms with Gasteiger partial charge < -0.3 is 0 Å². The molecule has 1 heteroatoms. The summed E-state index contributed by atoms with van der Waals surface area (Å²) in [6.45, 7) is 2.22. The number of fused-ring (bicyclic) bond motifs is 6. The average molecular weight is 778 g/mol. The zero-order valence-corrected chi connectivity index (χ0v) is 32.6. The van der Waals surface area contributed by atoms with Crippen LogP contribution in [0, 0.1) is 6.92 Å². The van der Waals surface area contributed by atoms with Crippen LogP contribution in [0.1, 0.15) is 16.7 Å². The van der Waals surface area contributed by atoms with E-state index in [-0.39, 0.29) is 0 Å². The number of rotatable bonds is 6. The second kappa shape index (κ2) is 14.3. The van der Waals surface area contributed by atoms with E-state index in [2.05, 4.69) is 229 Å². The van der Waals surface area contributed by atoms with Gasteiger partial charge in [-0.2, -0.15) is 0 Å². The molecule has 10 aromatic carbocycles. The van der Waals surface area contributed by atoms with Crippen LogP contribution in [0.5, 0.6) is 0 Å². The zero-order chi connectivity index (χ0) is 37.6. The van der Waals surface area contributed by atoms with Crippen LogP contribution in [-0.2, 0) is 0 Å². The summed E-state index contributed by atoms with van der Waals surface area (Å²) in [5.41, 5.74) is 13.4. The Labute approximate surface area is 336 Å². The van der Waals surface area contributed by atoms with Crippen LogP contribution in [-0.4, -0.2) is 0 Å². The van der Waals surface area contributed by atoms with Crippen molar-refractivity contribution in [2.45, 2.75) is 6.92 Å². The highest BCUT2D eigenvalue weighted by molar-refractivity contribution is 9.10. The smallest absolute Gasteiger partial charge is 0.0260 e. The second-order valence-corrected chi connectivity index (χ2v) is 15.5. The average Bonchev–Trinajstić information content (AvgIpc) is 3.26. The largest absolute Gasteiger partial charge is 0.0622 e. The number of halogens is 1. The Balaban J connectivity index is 1.23. The molecule has 0 unspecified atom stereocenters. The maximum absolute atomic E-state index is 3.97. The van der Waals surface area contributed by atoms with Crippen molar-refractivity contribution in [2.24, 2.45) is 0 Å². The van der Waals surface area contributed by atoms with E-state index in [0.29, 0.717) is 0 Å². The molecule has 0 aliphatic heterocycles. The lowest BCUT2D eigenvalue weighted by molar-refractivity contribution is 1.53. The predicted molar refractivity (Wildman–Crippen MR) is 246 cm³/mol. The van der Waals surface area contributed by atoms with E-state index >= 15 is 0 Å². The molecule has 0 saturated heterocycles. The molecule has 10 aromatic rings. The highest BCUT2D eigenvalue weighted by atomic mass is 79.9. The van der Waals surface area contributed by atoms with Gasteiger partial charge in [-0.05, 0) is 135 Å². The molecular formula is C55H37Br. The number of hydrogen-bond acceptors (Lipinski definition) is 0. The third kappa shape index (κ3) is 6.02. The zero-order valence-electron chi connectivity index (χ0n) is 31.0. The summed E-state index contributed by atoms with van der Waals surface area (Å²) in [7, 11) is 0. The quantitative estimate of drug-likeness (QED) is 0.117. The first-order chi connectivity index (χ1) is 27.6. The summed E-state index contributed by atoms with van der Waals surface area (Å²) in [5, 5.41) is 10.0. The monoisotopic (exact) mass is 776 g/mol. The summed E-state index contributed by atoms with van der Waals surface area (Å²) in [5.74, 6) is 0. The third-order valence-corrected chi connectivity index (χ3v) is 11.9. The first-order valence-electron chi connectivity index (χ1n) is 19.2. The Bertz CT molecular complexity index is 3110. The van der Waals surface area contributed by atoms with Crippen LogP contribution in [0.4, 0.5) is 0 Å². The van der Waals surface area contributed by atoms with E-state index in [1.54, 1.807) is 0 Å². The van der Waals surface area contributed by atoms with Crippen molar-refractivity contribution in [2.75, 3.05) is 0 Å². The molecule has 0 aromatic heterocycles. The fourth-order valence-corrected chi connectivity index (χ4v) is 9.10. The molecule has 264 valence electrons. The Kier molecular flexibility index (Phi) is 8.66. The van der Waals surface area contributed by atoms with E-state index in [4.69, 9.17) is 0 Å². The molecule has 0 spiro atoms. The highest BCUT2D eigenvalue weighted by Crippen LogP contribution is 2.43. The van der Waals surface area contributed by atoms with Gasteiger partial charge in [-0.15, -0.1) is 0 Å². The molecule has 0 N–H and O–H groups in total. The summed E-state index contributed by atoms with van der Waals surface area (Å²) in [6.07, 6.45) is 4.65. The van der Waals surface area contributed by atoms with Gasteiger partial charge in [0.25, 0.3) is 0 Å². The molecule has 0 amide bonds. The molecule has 10 rings (SSSR count). The van der Waals surface area contributed by atoms with Gasteiger partial charge in [0, 0.05) is 4.47 Å².